The predicted octanol–water partition coefficient (Wildman–Crippen LogP) is 1.48. The maximum absolute atomic E-state index is 12.9. The van der Waals surface area contributed by atoms with Crippen LogP contribution in [-0.4, -0.2) is 24.3 Å². The summed E-state index contributed by atoms with van der Waals surface area (Å²) in [4.78, 5) is 11.4. The van der Waals surface area contributed by atoms with Crippen LogP contribution in [0.1, 0.15) is 23.2 Å². The Morgan fingerprint density at radius 3 is 2.59 bits per heavy atom. The number of halogens is 2. The summed E-state index contributed by atoms with van der Waals surface area (Å²) in [7, 11) is 0. The standard InChI is InChI=1S/C11H13F2NO3/c12-8-5-7(10(14)6-9(8)13)11(16)17-4-2-1-3-15/h5-6,15H,1-4,14H2. The minimum atomic E-state index is -1.15. The summed E-state index contributed by atoms with van der Waals surface area (Å²) in [6.07, 6.45) is 0.992. The Morgan fingerprint density at radius 2 is 1.94 bits per heavy atom. The number of nitrogens with two attached hydrogens (primary N) is 1. The fraction of sp³-hybridized carbons (Fsp3) is 0.364. The smallest absolute Gasteiger partial charge is 0.340 e. The lowest BCUT2D eigenvalue weighted by Crippen LogP contribution is -2.10. The van der Waals surface area contributed by atoms with Gasteiger partial charge in [0.2, 0.25) is 0 Å². The van der Waals surface area contributed by atoms with Gasteiger partial charge < -0.3 is 15.6 Å². The number of hydrogen-bond donors (Lipinski definition) is 2. The molecular formula is C11H13F2NO3. The highest BCUT2D eigenvalue weighted by Crippen LogP contribution is 2.18. The zero-order valence-corrected chi connectivity index (χ0v) is 9.08. The molecule has 94 valence electrons. The zero-order chi connectivity index (χ0) is 12.8. The number of anilines is 1. The van der Waals surface area contributed by atoms with Gasteiger partial charge in [0.05, 0.1) is 12.2 Å². The molecule has 0 aliphatic rings. The molecule has 0 spiro atoms. The molecule has 0 saturated carbocycles. The van der Waals surface area contributed by atoms with E-state index in [1.54, 1.807) is 0 Å². The lowest BCUT2D eigenvalue weighted by atomic mass is 10.1. The number of esters is 1. The van der Waals surface area contributed by atoms with Crippen molar-refractivity contribution in [3.05, 3.63) is 29.3 Å². The highest BCUT2D eigenvalue weighted by molar-refractivity contribution is 5.95. The average molecular weight is 245 g/mol. The lowest BCUT2D eigenvalue weighted by Gasteiger charge is -2.07. The van der Waals surface area contributed by atoms with E-state index in [4.69, 9.17) is 15.6 Å². The second-order valence-electron chi connectivity index (χ2n) is 3.42. The van der Waals surface area contributed by atoms with E-state index in [0.717, 1.165) is 6.07 Å². The first kappa shape index (κ1) is 13.4. The van der Waals surface area contributed by atoms with Gasteiger partial charge in [-0.1, -0.05) is 0 Å². The molecule has 0 radical (unpaired) electrons. The first-order valence-corrected chi connectivity index (χ1v) is 5.08. The first-order valence-electron chi connectivity index (χ1n) is 5.08. The second-order valence-corrected chi connectivity index (χ2v) is 3.42. The number of aliphatic hydroxyl groups excluding tert-OH is 1. The SMILES string of the molecule is Nc1cc(F)c(F)cc1C(=O)OCCCCO. The van der Waals surface area contributed by atoms with Crippen molar-refractivity contribution in [1.29, 1.82) is 0 Å². The Kier molecular flexibility index (Phi) is 4.84. The third kappa shape index (κ3) is 3.67. The Hall–Kier alpha value is -1.69. The van der Waals surface area contributed by atoms with Crippen LogP contribution in [0.25, 0.3) is 0 Å². The van der Waals surface area contributed by atoms with Crippen LogP contribution >= 0.6 is 0 Å². The van der Waals surface area contributed by atoms with Gasteiger partial charge in [0.15, 0.2) is 11.6 Å². The van der Waals surface area contributed by atoms with Gasteiger partial charge in [-0.05, 0) is 18.9 Å². The fourth-order valence-corrected chi connectivity index (χ4v) is 1.20. The van der Waals surface area contributed by atoms with Gasteiger partial charge >= 0.3 is 5.97 Å². The predicted molar refractivity (Wildman–Crippen MR) is 57.4 cm³/mol. The molecule has 0 atom stereocenters. The zero-order valence-electron chi connectivity index (χ0n) is 9.08. The minimum absolute atomic E-state index is 0.00483. The number of carbonyl (C=O) groups excluding carboxylic acids is 1. The molecule has 0 bridgehead atoms. The fourth-order valence-electron chi connectivity index (χ4n) is 1.20. The van der Waals surface area contributed by atoms with Crippen LogP contribution in [0.15, 0.2) is 12.1 Å². The largest absolute Gasteiger partial charge is 0.462 e. The number of benzene rings is 1. The molecule has 0 aliphatic carbocycles. The summed E-state index contributed by atoms with van der Waals surface area (Å²) in [5, 5.41) is 8.51. The van der Waals surface area contributed by atoms with E-state index in [1.807, 2.05) is 0 Å². The van der Waals surface area contributed by atoms with E-state index in [-0.39, 0.29) is 24.5 Å². The van der Waals surface area contributed by atoms with E-state index in [9.17, 15) is 13.6 Å². The molecule has 3 N–H and O–H groups in total. The number of aliphatic hydroxyl groups is 1. The number of ether oxygens (including phenoxy) is 1. The molecule has 1 aromatic carbocycles. The van der Waals surface area contributed by atoms with Crippen LogP contribution < -0.4 is 5.73 Å². The van der Waals surface area contributed by atoms with Crippen LogP contribution in [0.3, 0.4) is 0 Å². The minimum Gasteiger partial charge on any atom is -0.462 e. The van der Waals surface area contributed by atoms with Crippen molar-refractivity contribution < 1.29 is 23.4 Å². The molecule has 0 saturated heterocycles. The van der Waals surface area contributed by atoms with E-state index in [2.05, 4.69) is 0 Å². The van der Waals surface area contributed by atoms with Gasteiger partial charge in [-0.25, -0.2) is 13.6 Å². The highest BCUT2D eigenvalue weighted by atomic mass is 19.2. The monoisotopic (exact) mass is 245 g/mol. The number of hydrogen-bond acceptors (Lipinski definition) is 4. The molecule has 0 fully saturated rings. The lowest BCUT2D eigenvalue weighted by molar-refractivity contribution is 0.0493. The maximum atomic E-state index is 12.9. The third-order valence-corrected chi connectivity index (χ3v) is 2.10. The Labute approximate surface area is 97.0 Å². The van der Waals surface area contributed by atoms with Crippen molar-refractivity contribution in [2.24, 2.45) is 0 Å². The Morgan fingerprint density at radius 1 is 1.29 bits per heavy atom. The van der Waals surface area contributed by atoms with Gasteiger partial charge in [-0.3, -0.25) is 0 Å². The Balaban J connectivity index is 2.66. The summed E-state index contributed by atoms with van der Waals surface area (Å²) >= 11 is 0. The quantitative estimate of drug-likeness (QED) is 0.468. The molecule has 0 unspecified atom stereocenters. The number of unbranched alkanes of at least 4 members (excludes halogenated alkanes) is 1. The van der Waals surface area contributed by atoms with Crippen molar-refractivity contribution in [3.8, 4) is 0 Å². The molecule has 1 aromatic rings. The Bertz CT molecular complexity index is 410. The average Bonchev–Trinajstić information content (AvgIpc) is 2.29. The van der Waals surface area contributed by atoms with Crippen molar-refractivity contribution in [3.63, 3.8) is 0 Å². The van der Waals surface area contributed by atoms with Gasteiger partial charge in [0, 0.05) is 18.4 Å². The van der Waals surface area contributed by atoms with Crippen molar-refractivity contribution >= 4 is 11.7 Å². The van der Waals surface area contributed by atoms with Crippen molar-refractivity contribution in [1.82, 2.24) is 0 Å². The molecular weight excluding hydrogens is 232 g/mol. The normalized spacial score (nSPS) is 10.3. The van der Waals surface area contributed by atoms with Crippen molar-refractivity contribution in [2.45, 2.75) is 12.8 Å². The number of nitrogen functional groups attached to an aromatic ring is 1. The maximum Gasteiger partial charge on any atom is 0.340 e. The topological polar surface area (TPSA) is 72.6 Å². The van der Waals surface area contributed by atoms with E-state index in [1.165, 1.54) is 0 Å². The molecule has 1 rings (SSSR count). The van der Waals surface area contributed by atoms with Gasteiger partial charge in [0.25, 0.3) is 0 Å². The van der Waals surface area contributed by atoms with Gasteiger partial charge in [0.1, 0.15) is 0 Å². The summed E-state index contributed by atoms with van der Waals surface area (Å²) in [5.74, 6) is -3.07. The number of carbonyl (C=O) groups is 1. The van der Waals surface area contributed by atoms with Gasteiger partial charge in [-0.15, -0.1) is 0 Å². The number of rotatable bonds is 5. The summed E-state index contributed by atoms with van der Waals surface area (Å²) in [6, 6.07) is 1.44. The van der Waals surface area contributed by atoms with Crippen LogP contribution in [0.5, 0.6) is 0 Å². The molecule has 0 amide bonds. The van der Waals surface area contributed by atoms with Crippen LogP contribution in [-0.2, 0) is 4.74 Å². The third-order valence-electron chi connectivity index (χ3n) is 2.10. The summed E-state index contributed by atoms with van der Waals surface area (Å²) in [6.45, 7) is 0.0999. The highest BCUT2D eigenvalue weighted by Gasteiger charge is 2.15. The van der Waals surface area contributed by atoms with Crippen LogP contribution in [0.4, 0.5) is 14.5 Å². The van der Waals surface area contributed by atoms with Crippen molar-refractivity contribution in [2.75, 3.05) is 18.9 Å². The second kappa shape index (κ2) is 6.15. The van der Waals surface area contributed by atoms with E-state index < -0.39 is 17.6 Å². The molecule has 0 heterocycles. The van der Waals surface area contributed by atoms with Crippen LogP contribution in [0.2, 0.25) is 0 Å². The molecule has 6 heteroatoms. The van der Waals surface area contributed by atoms with Gasteiger partial charge in [-0.2, -0.15) is 0 Å². The molecule has 0 aliphatic heterocycles. The molecule has 4 nitrogen and oxygen atoms in total. The van der Waals surface area contributed by atoms with E-state index >= 15 is 0 Å². The first-order chi connectivity index (χ1) is 8.06. The van der Waals surface area contributed by atoms with Crippen LogP contribution in [0, 0.1) is 11.6 Å². The summed E-state index contributed by atoms with van der Waals surface area (Å²) in [5.41, 5.74) is 5.00. The molecule has 0 aromatic heterocycles. The summed E-state index contributed by atoms with van der Waals surface area (Å²) < 4.78 is 30.4. The van der Waals surface area contributed by atoms with E-state index in [0.29, 0.717) is 18.9 Å². The molecule has 17 heavy (non-hydrogen) atoms.